The summed E-state index contributed by atoms with van der Waals surface area (Å²) in [4.78, 5) is 11.9. The lowest BCUT2D eigenvalue weighted by atomic mass is 9.91. The fourth-order valence-electron chi connectivity index (χ4n) is 2.07. The van der Waals surface area contributed by atoms with Gasteiger partial charge >= 0.3 is 5.97 Å². The average molecular weight is 406 g/mol. The van der Waals surface area contributed by atoms with E-state index >= 15 is 0 Å². The highest BCUT2D eigenvalue weighted by Gasteiger charge is 2.19. The smallest absolute Gasteiger partial charge is 0.306 e. The van der Waals surface area contributed by atoms with Gasteiger partial charge in [0.15, 0.2) is 0 Å². The first kappa shape index (κ1) is 17.7. The zero-order chi connectivity index (χ0) is 15.1. The van der Waals surface area contributed by atoms with Crippen LogP contribution in [0.15, 0.2) is 27.1 Å². The van der Waals surface area contributed by atoms with Crippen molar-refractivity contribution < 1.29 is 9.53 Å². The Labute approximate surface area is 138 Å². The fourth-order valence-corrected chi connectivity index (χ4v) is 3.44. The van der Waals surface area contributed by atoms with Crippen LogP contribution in [-0.4, -0.2) is 12.6 Å². The van der Waals surface area contributed by atoms with E-state index in [9.17, 15) is 4.79 Å². The van der Waals surface area contributed by atoms with Crippen LogP contribution in [0, 0.1) is 5.92 Å². The summed E-state index contributed by atoms with van der Waals surface area (Å²) in [6.07, 6.45) is 2.47. The second kappa shape index (κ2) is 8.83. The Hall–Kier alpha value is -0.350. The number of carbonyl (C=O) groups excluding carboxylic acids is 1. The van der Waals surface area contributed by atoms with Gasteiger partial charge in [-0.1, -0.05) is 65.1 Å². The van der Waals surface area contributed by atoms with E-state index in [1.165, 1.54) is 5.56 Å². The minimum absolute atomic E-state index is 0.105. The number of hydrogen-bond donors (Lipinski definition) is 0. The molecule has 0 fully saturated rings. The van der Waals surface area contributed by atoms with Gasteiger partial charge in [0.05, 0.1) is 13.0 Å². The number of rotatable bonds is 7. The summed E-state index contributed by atoms with van der Waals surface area (Å²) in [6, 6.07) is 6.11. The Morgan fingerprint density at radius 2 is 2.00 bits per heavy atom. The Bertz CT molecular complexity index is 444. The molecule has 0 aromatic heterocycles. The van der Waals surface area contributed by atoms with Crippen LogP contribution < -0.4 is 0 Å². The van der Waals surface area contributed by atoms with Crippen LogP contribution >= 0.6 is 31.9 Å². The van der Waals surface area contributed by atoms with Crippen molar-refractivity contribution in [3.8, 4) is 0 Å². The third-order valence-corrected chi connectivity index (χ3v) is 4.21. The minimum atomic E-state index is -0.105. The van der Waals surface area contributed by atoms with E-state index in [-0.39, 0.29) is 11.9 Å². The molecule has 0 spiro atoms. The second-order valence-electron chi connectivity index (χ2n) is 5.43. The summed E-state index contributed by atoms with van der Waals surface area (Å²) in [5, 5.41) is 0. The van der Waals surface area contributed by atoms with Gasteiger partial charge in [-0.05, 0) is 36.0 Å². The van der Waals surface area contributed by atoms with Crippen LogP contribution in [-0.2, 0) is 9.53 Å². The van der Waals surface area contributed by atoms with Crippen molar-refractivity contribution in [3.05, 3.63) is 32.7 Å². The van der Waals surface area contributed by atoms with Gasteiger partial charge in [0.2, 0.25) is 0 Å². The Morgan fingerprint density at radius 1 is 1.30 bits per heavy atom. The third kappa shape index (κ3) is 5.96. The molecule has 0 saturated carbocycles. The van der Waals surface area contributed by atoms with Gasteiger partial charge < -0.3 is 4.74 Å². The van der Waals surface area contributed by atoms with Crippen LogP contribution in [0.2, 0.25) is 0 Å². The highest BCUT2D eigenvalue weighted by molar-refractivity contribution is 9.11. The van der Waals surface area contributed by atoms with Crippen LogP contribution in [0.3, 0.4) is 0 Å². The molecule has 0 aliphatic heterocycles. The van der Waals surface area contributed by atoms with Crippen molar-refractivity contribution in [3.63, 3.8) is 0 Å². The van der Waals surface area contributed by atoms with Crippen molar-refractivity contribution in [1.29, 1.82) is 0 Å². The molecular formula is C16H22Br2O2. The highest BCUT2D eigenvalue weighted by atomic mass is 79.9. The SMILES string of the molecule is CCC[C@@H](CC(=O)OCC(C)C)c1ccc(Br)cc1Br. The predicted molar refractivity (Wildman–Crippen MR) is 89.9 cm³/mol. The van der Waals surface area contributed by atoms with Crippen molar-refractivity contribution in [1.82, 2.24) is 0 Å². The van der Waals surface area contributed by atoms with E-state index in [1.54, 1.807) is 0 Å². The number of hydrogen-bond acceptors (Lipinski definition) is 2. The molecule has 0 saturated heterocycles. The molecule has 0 amide bonds. The average Bonchev–Trinajstić information content (AvgIpc) is 2.36. The summed E-state index contributed by atoms with van der Waals surface area (Å²) in [6.45, 7) is 6.72. The Kier molecular flexibility index (Phi) is 7.82. The number of ether oxygens (including phenoxy) is 1. The lowest BCUT2D eigenvalue weighted by Gasteiger charge is -2.18. The number of benzene rings is 1. The lowest BCUT2D eigenvalue weighted by molar-refractivity contribution is -0.145. The molecule has 0 aliphatic carbocycles. The Balaban J connectivity index is 2.75. The van der Waals surface area contributed by atoms with E-state index in [4.69, 9.17) is 4.74 Å². The maximum Gasteiger partial charge on any atom is 0.306 e. The van der Waals surface area contributed by atoms with Crippen LogP contribution in [0.4, 0.5) is 0 Å². The quantitative estimate of drug-likeness (QED) is 0.545. The van der Waals surface area contributed by atoms with E-state index in [1.807, 2.05) is 26.0 Å². The molecule has 4 heteroatoms. The summed E-state index contributed by atoms with van der Waals surface area (Å²) in [7, 11) is 0. The molecular weight excluding hydrogens is 384 g/mol. The maximum atomic E-state index is 11.9. The van der Waals surface area contributed by atoms with Crippen molar-refractivity contribution in [2.45, 2.75) is 46.0 Å². The Morgan fingerprint density at radius 3 is 2.55 bits per heavy atom. The fraction of sp³-hybridized carbons (Fsp3) is 0.562. The molecule has 1 aromatic rings. The monoisotopic (exact) mass is 404 g/mol. The molecule has 1 atom stereocenters. The predicted octanol–water partition coefficient (Wildman–Crippen LogP) is 5.68. The topological polar surface area (TPSA) is 26.3 Å². The van der Waals surface area contributed by atoms with Gasteiger partial charge in [0.25, 0.3) is 0 Å². The van der Waals surface area contributed by atoms with Gasteiger partial charge in [0.1, 0.15) is 0 Å². The van der Waals surface area contributed by atoms with E-state index in [0.29, 0.717) is 18.9 Å². The van der Waals surface area contributed by atoms with E-state index in [2.05, 4.69) is 44.8 Å². The summed E-state index contributed by atoms with van der Waals surface area (Å²) < 4.78 is 7.38. The minimum Gasteiger partial charge on any atom is -0.465 e. The number of esters is 1. The van der Waals surface area contributed by atoms with Gasteiger partial charge in [-0.25, -0.2) is 0 Å². The highest BCUT2D eigenvalue weighted by Crippen LogP contribution is 2.33. The molecule has 0 unspecified atom stereocenters. The normalized spacial score (nSPS) is 12.5. The molecule has 0 aliphatic rings. The van der Waals surface area contributed by atoms with Gasteiger partial charge in [0, 0.05) is 8.95 Å². The van der Waals surface area contributed by atoms with Crippen LogP contribution in [0.5, 0.6) is 0 Å². The third-order valence-electron chi connectivity index (χ3n) is 3.03. The zero-order valence-electron chi connectivity index (χ0n) is 12.3. The van der Waals surface area contributed by atoms with Crippen molar-refractivity contribution in [2.24, 2.45) is 5.92 Å². The summed E-state index contributed by atoms with van der Waals surface area (Å²) >= 11 is 7.04. The number of carbonyl (C=O) groups is 1. The molecule has 112 valence electrons. The van der Waals surface area contributed by atoms with Crippen LogP contribution in [0.25, 0.3) is 0 Å². The van der Waals surface area contributed by atoms with Crippen LogP contribution in [0.1, 0.15) is 51.5 Å². The van der Waals surface area contributed by atoms with Gasteiger partial charge in [-0.15, -0.1) is 0 Å². The van der Waals surface area contributed by atoms with Crippen molar-refractivity contribution in [2.75, 3.05) is 6.61 Å². The zero-order valence-corrected chi connectivity index (χ0v) is 15.5. The molecule has 1 rings (SSSR count). The van der Waals surface area contributed by atoms with Gasteiger partial charge in [-0.3, -0.25) is 4.79 Å². The first-order chi connectivity index (χ1) is 9.43. The second-order valence-corrected chi connectivity index (χ2v) is 7.20. The largest absolute Gasteiger partial charge is 0.465 e. The summed E-state index contributed by atoms with van der Waals surface area (Å²) in [5.41, 5.74) is 1.18. The molecule has 0 bridgehead atoms. The standard InChI is InChI=1S/C16H22Br2O2/c1-4-5-12(8-16(19)20-10-11(2)3)14-7-6-13(17)9-15(14)18/h6-7,9,11-12H,4-5,8,10H2,1-3H3/t12-/m0/s1. The van der Waals surface area contributed by atoms with Gasteiger partial charge in [-0.2, -0.15) is 0 Å². The molecule has 0 heterocycles. The molecule has 2 nitrogen and oxygen atoms in total. The number of halogens is 2. The molecule has 20 heavy (non-hydrogen) atoms. The molecule has 0 N–H and O–H groups in total. The first-order valence-electron chi connectivity index (χ1n) is 7.04. The molecule has 1 aromatic carbocycles. The summed E-state index contributed by atoms with van der Waals surface area (Å²) in [5.74, 6) is 0.483. The first-order valence-corrected chi connectivity index (χ1v) is 8.63. The lowest BCUT2D eigenvalue weighted by Crippen LogP contribution is -2.14. The molecule has 0 radical (unpaired) electrons. The van der Waals surface area contributed by atoms with E-state index in [0.717, 1.165) is 21.8 Å². The van der Waals surface area contributed by atoms with E-state index < -0.39 is 0 Å². The maximum absolute atomic E-state index is 11.9. The van der Waals surface area contributed by atoms with Crippen molar-refractivity contribution >= 4 is 37.8 Å².